The first-order valence-electron chi connectivity index (χ1n) is 13.0. The lowest BCUT2D eigenvalue weighted by Crippen LogP contribution is -2.30. The number of hydrogen-bond acceptors (Lipinski definition) is 4. The van der Waals surface area contributed by atoms with Crippen LogP contribution in [0.2, 0.25) is 0 Å². The summed E-state index contributed by atoms with van der Waals surface area (Å²) in [5, 5.41) is 0. The van der Waals surface area contributed by atoms with Crippen molar-refractivity contribution in [3.8, 4) is 32.0 Å². The largest absolute Gasteiger partial charge is 0.425 e. The van der Waals surface area contributed by atoms with Gasteiger partial charge in [-0.1, -0.05) is 51.5 Å². The number of carbonyl (C=O) groups excluding carboxylic acids is 2. The zero-order chi connectivity index (χ0) is 27.7. The molecule has 200 valence electrons. The van der Waals surface area contributed by atoms with E-state index in [0.717, 1.165) is 69.4 Å². The Morgan fingerprint density at radius 2 is 1.44 bits per heavy atom. The quantitative estimate of drug-likeness (QED) is 0.219. The summed E-state index contributed by atoms with van der Waals surface area (Å²) in [6, 6.07) is 16.7. The molecule has 3 heterocycles. The molecule has 1 atom stereocenters. The number of amides is 2. The second-order valence-corrected chi connectivity index (χ2v) is 12.5. The van der Waals surface area contributed by atoms with Crippen molar-refractivity contribution in [2.45, 2.75) is 51.6 Å². The van der Waals surface area contributed by atoms with Gasteiger partial charge in [0.2, 0.25) is 0 Å². The maximum absolute atomic E-state index is 13.2. The van der Waals surface area contributed by atoms with Gasteiger partial charge in [0.15, 0.2) is 0 Å². The van der Waals surface area contributed by atoms with Crippen molar-refractivity contribution in [1.29, 1.82) is 0 Å². The fourth-order valence-corrected chi connectivity index (χ4v) is 7.67. The second-order valence-electron chi connectivity index (χ2n) is 10.3. The van der Waals surface area contributed by atoms with E-state index in [1.807, 2.05) is 37.3 Å². The maximum Gasteiger partial charge on any atom is 0.425 e. The van der Waals surface area contributed by atoms with E-state index in [2.05, 4.69) is 26.0 Å². The van der Waals surface area contributed by atoms with Crippen LogP contribution in [0.5, 0.6) is 0 Å². The van der Waals surface area contributed by atoms with Crippen molar-refractivity contribution in [1.82, 2.24) is 4.90 Å². The number of alkyl halides is 3. The molecule has 1 aliphatic carbocycles. The van der Waals surface area contributed by atoms with Crippen molar-refractivity contribution in [2.75, 3.05) is 6.54 Å². The number of hydrogen-bond donors (Lipinski definition) is 0. The Morgan fingerprint density at radius 1 is 0.795 bits per heavy atom. The predicted molar refractivity (Wildman–Crippen MR) is 151 cm³/mol. The van der Waals surface area contributed by atoms with Gasteiger partial charge in [-0.2, -0.15) is 13.2 Å². The molecule has 0 N–H and O–H groups in total. The third kappa shape index (κ3) is 3.99. The number of unbranched alkanes of at least 4 members (excludes halogenated alkanes) is 1. The van der Waals surface area contributed by atoms with E-state index in [0.29, 0.717) is 21.9 Å². The van der Waals surface area contributed by atoms with E-state index < -0.39 is 11.1 Å². The molecule has 39 heavy (non-hydrogen) atoms. The molecule has 0 spiro atoms. The van der Waals surface area contributed by atoms with Crippen LogP contribution in [0.1, 0.15) is 76.1 Å². The molecule has 2 aromatic carbocycles. The predicted octanol–water partition coefficient (Wildman–Crippen LogP) is 9.25. The Morgan fingerprint density at radius 3 is 1.97 bits per heavy atom. The van der Waals surface area contributed by atoms with E-state index >= 15 is 0 Å². The first kappa shape index (κ1) is 26.0. The fourth-order valence-electron chi connectivity index (χ4n) is 5.70. The van der Waals surface area contributed by atoms with Gasteiger partial charge in [-0.15, -0.1) is 22.7 Å². The van der Waals surface area contributed by atoms with Crippen molar-refractivity contribution < 1.29 is 22.8 Å². The summed E-state index contributed by atoms with van der Waals surface area (Å²) in [4.78, 5) is 28.5. The highest BCUT2D eigenvalue weighted by atomic mass is 32.1. The first-order valence-corrected chi connectivity index (χ1v) is 14.7. The Bertz CT molecular complexity index is 1610. The molecule has 0 fully saturated rings. The molecular formula is C31H26F3NO2S2. The number of fused-ring (bicyclic) bond motifs is 4. The zero-order valence-electron chi connectivity index (χ0n) is 21.7. The SMILES string of the molecule is CCCCN1C(=O)c2cc(-c3ccc4c(c3)-c3cc(-c5ccc(C(F)(F)F)s5)ccc3C4(C)CC)sc2C1=O. The number of nitrogens with zero attached hydrogens (tertiary/aromatic N) is 1. The average Bonchev–Trinajstić information content (AvgIpc) is 3.68. The molecule has 2 aromatic heterocycles. The van der Waals surface area contributed by atoms with Gasteiger partial charge in [0, 0.05) is 21.7 Å². The third-order valence-corrected chi connectivity index (χ3v) is 10.4. The van der Waals surface area contributed by atoms with Gasteiger partial charge in [-0.25, -0.2) is 0 Å². The maximum atomic E-state index is 13.2. The number of rotatable bonds is 6. The molecule has 2 amide bonds. The Hall–Kier alpha value is -3.23. The highest BCUT2D eigenvalue weighted by Crippen LogP contribution is 2.53. The lowest BCUT2D eigenvalue weighted by atomic mass is 9.78. The molecule has 1 aliphatic heterocycles. The van der Waals surface area contributed by atoms with Crippen LogP contribution in [0.4, 0.5) is 13.2 Å². The Kier molecular flexibility index (Phi) is 6.11. The number of carbonyl (C=O) groups is 2. The Balaban J connectivity index is 1.41. The smallest absolute Gasteiger partial charge is 0.274 e. The summed E-state index contributed by atoms with van der Waals surface area (Å²) in [6.07, 6.45) is -1.81. The van der Waals surface area contributed by atoms with Gasteiger partial charge in [0.05, 0.1) is 5.56 Å². The van der Waals surface area contributed by atoms with E-state index in [4.69, 9.17) is 0 Å². The van der Waals surface area contributed by atoms with Crippen LogP contribution in [0, 0.1) is 0 Å². The monoisotopic (exact) mass is 565 g/mol. The summed E-state index contributed by atoms with van der Waals surface area (Å²) >= 11 is 2.10. The van der Waals surface area contributed by atoms with Crippen molar-refractivity contribution in [3.63, 3.8) is 0 Å². The van der Waals surface area contributed by atoms with Crippen molar-refractivity contribution >= 4 is 34.5 Å². The van der Waals surface area contributed by atoms with Crippen LogP contribution in [-0.4, -0.2) is 23.3 Å². The molecule has 4 aromatic rings. The van der Waals surface area contributed by atoms with Gasteiger partial charge in [-0.3, -0.25) is 14.5 Å². The number of imide groups is 1. The Labute approximate surface area is 232 Å². The molecular weight excluding hydrogens is 539 g/mol. The second kappa shape index (κ2) is 9.17. The van der Waals surface area contributed by atoms with Crippen LogP contribution in [0.15, 0.2) is 54.6 Å². The molecule has 0 bridgehead atoms. The molecule has 8 heteroatoms. The first-order chi connectivity index (χ1) is 18.6. The average molecular weight is 566 g/mol. The summed E-state index contributed by atoms with van der Waals surface area (Å²) in [5.74, 6) is -0.446. The fraction of sp³-hybridized carbons (Fsp3) is 0.290. The van der Waals surface area contributed by atoms with Crippen LogP contribution in [0.25, 0.3) is 32.0 Å². The standard InChI is InChI=1S/C31H26F3NO2S2/c1-4-6-13-35-28(36)21-16-25(39-27(21)29(35)37)18-8-10-23-20(15-18)19-14-17(7-9-22(19)30(23,3)5-2)24-11-12-26(38-24)31(32,33)34/h7-12,14-16H,4-6,13H2,1-3H3. The van der Waals surface area contributed by atoms with Crippen LogP contribution < -0.4 is 0 Å². The van der Waals surface area contributed by atoms with Crippen LogP contribution >= 0.6 is 22.7 Å². The van der Waals surface area contributed by atoms with Gasteiger partial charge < -0.3 is 0 Å². The van der Waals surface area contributed by atoms with Gasteiger partial charge in [-0.05, 0) is 76.6 Å². The highest BCUT2D eigenvalue weighted by Gasteiger charge is 2.40. The summed E-state index contributed by atoms with van der Waals surface area (Å²) in [5.41, 5.74) is 6.29. The summed E-state index contributed by atoms with van der Waals surface area (Å²) < 4.78 is 39.7. The normalized spacial score (nSPS) is 18.1. The van der Waals surface area contributed by atoms with E-state index in [1.54, 1.807) is 0 Å². The minimum atomic E-state index is -4.36. The molecule has 6 rings (SSSR count). The van der Waals surface area contributed by atoms with Gasteiger partial charge in [0.25, 0.3) is 11.8 Å². The van der Waals surface area contributed by atoms with Crippen molar-refractivity contribution in [3.05, 3.63) is 81.0 Å². The number of benzene rings is 2. The summed E-state index contributed by atoms with van der Waals surface area (Å²) in [7, 11) is 0. The summed E-state index contributed by atoms with van der Waals surface area (Å²) in [6.45, 7) is 6.80. The van der Waals surface area contributed by atoms with E-state index in [9.17, 15) is 22.8 Å². The van der Waals surface area contributed by atoms with Gasteiger partial charge >= 0.3 is 6.18 Å². The molecule has 1 unspecified atom stereocenters. The van der Waals surface area contributed by atoms with Crippen molar-refractivity contribution in [2.24, 2.45) is 0 Å². The molecule has 0 saturated heterocycles. The minimum Gasteiger partial charge on any atom is -0.274 e. The zero-order valence-corrected chi connectivity index (χ0v) is 23.4. The van der Waals surface area contributed by atoms with Gasteiger partial charge in [0.1, 0.15) is 9.75 Å². The minimum absolute atomic E-state index is 0.219. The number of thiophene rings is 2. The molecule has 0 saturated carbocycles. The molecule has 0 radical (unpaired) electrons. The van der Waals surface area contributed by atoms with E-state index in [1.165, 1.54) is 27.9 Å². The highest BCUT2D eigenvalue weighted by molar-refractivity contribution is 7.18. The molecule has 3 nitrogen and oxygen atoms in total. The van der Waals surface area contributed by atoms with E-state index in [-0.39, 0.29) is 17.2 Å². The lowest BCUT2D eigenvalue weighted by molar-refractivity contribution is -0.134. The van der Waals surface area contributed by atoms with Crippen LogP contribution in [0.3, 0.4) is 0 Å². The topological polar surface area (TPSA) is 37.4 Å². The van der Waals surface area contributed by atoms with Crippen LogP contribution in [-0.2, 0) is 11.6 Å². The lowest BCUT2D eigenvalue weighted by Gasteiger charge is -2.25. The molecule has 2 aliphatic rings. The third-order valence-electron chi connectivity index (χ3n) is 8.06. The number of halogens is 3.